The summed E-state index contributed by atoms with van der Waals surface area (Å²) >= 11 is 0. The molecular formula is C28H29N3O4. The van der Waals surface area contributed by atoms with Crippen molar-refractivity contribution in [3.63, 3.8) is 0 Å². The SMILES string of the molecule is COc1ccc(N2CCCN(C(=O)CCCN3C(=O)c4cccc5cccc(c45)C3=O)CC2)cc1. The summed E-state index contributed by atoms with van der Waals surface area (Å²) in [4.78, 5) is 44.5. The molecule has 0 radical (unpaired) electrons. The number of rotatable bonds is 6. The van der Waals surface area contributed by atoms with Gasteiger partial charge in [-0.1, -0.05) is 24.3 Å². The molecule has 0 unspecified atom stereocenters. The standard InChI is InChI=1S/C28H29N3O4/c1-35-22-13-11-21(12-14-22)29-15-5-16-30(19-18-29)25(32)10-4-17-31-27(33)23-8-2-6-20-7-3-9-24(26(20)23)28(31)34/h2-3,6-9,11-14H,4-5,10,15-19H2,1H3. The Morgan fingerprint density at radius 1 is 0.857 bits per heavy atom. The fourth-order valence-electron chi connectivity index (χ4n) is 5.05. The summed E-state index contributed by atoms with van der Waals surface area (Å²) in [6.07, 6.45) is 1.65. The van der Waals surface area contributed by atoms with Gasteiger partial charge in [0.25, 0.3) is 11.8 Å². The van der Waals surface area contributed by atoms with E-state index in [4.69, 9.17) is 4.74 Å². The molecule has 2 heterocycles. The zero-order valence-corrected chi connectivity index (χ0v) is 19.9. The molecule has 2 aliphatic rings. The predicted octanol–water partition coefficient (Wildman–Crippen LogP) is 3.96. The molecule has 1 fully saturated rings. The summed E-state index contributed by atoms with van der Waals surface area (Å²) in [6, 6.07) is 19.0. The van der Waals surface area contributed by atoms with Crippen molar-refractivity contribution in [3.05, 3.63) is 71.8 Å². The first-order valence-corrected chi connectivity index (χ1v) is 12.1. The third kappa shape index (κ3) is 4.46. The number of carbonyl (C=O) groups excluding carboxylic acids is 3. The van der Waals surface area contributed by atoms with Gasteiger partial charge >= 0.3 is 0 Å². The van der Waals surface area contributed by atoms with E-state index in [2.05, 4.69) is 4.90 Å². The highest BCUT2D eigenvalue weighted by Crippen LogP contribution is 2.30. The summed E-state index contributed by atoms with van der Waals surface area (Å²) in [5, 5.41) is 1.62. The van der Waals surface area contributed by atoms with Crippen molar-refractivity contribution in [1.29, 1.82) is 0 Å². The number of nitrogens with zero attached hydrogens (tertiary/aromatic N) is 3. The van der Waals surface area contributed by atoms with Crippen LogP contribution in [0, 0.1) is 0 Å². The van der Waals surface area contributed by atoms with Gasteiger partial charge in [-0.2, -0.15) is 0 Å². The van der Waals surface area contributed by atoms with Crippen LogP contribution in [-0.4, -0.2) is 67.4 Å². The minimum atomic E-state index is -0.281. The van der Waals surface area contributed by atoms with E-state index in [-0.39, 0.29) is 24.3 Å². The number of benzene rings is 3. The van der Waals surface area contributed by atoms with Crippen LogP contribution in [0.15, 0.2) is 60.7 Å². The molecule has 0 aliphatic carbocycles. The topological polar surface area (TPSA) is 70.2 Å². The van der Waals surface area contributed by atoms with Gasteiger partial charge in [-0.25, -0.2) is 0 Å². The van der Waals surface area contributed by atoms with Crippen molar-refractivity contribution in [3.8, 4) is 5.75 Å². The smallest absolute Gasteiger partial charge is 0.261 e. The molecule has 3 aromatic carbocycles. The van der Waals surface area contributed by atoms with Crippen LogP contribution >= 0.6 is 0 Å². The summed E-state index contributed by atoms with van der Waals surface area (Å²) in [7, 11) is 1.65. The van der Waals surface area contributed by atoms with Crippen LogP contribution in [0.2, 0.25) is 0 Å². The van der Waals surface area contributed by atoms with Crippen LogP contribution in [0.1, 0.15) is 40.0 Å². The van der Waals surface area contributed by atoms with Crippen molar-refractivity contribution in [2.24, 2.45) is 0 Å². The fourth-order valence-corrected chi connectivity index (χ4v) is 5.05. The molecule has 0 atom stereocenters. The molecule has 2 aliphatic heterocycles. The molecule has 7 nitrogen and oxygen atoms in total. The number of imide groups is 1. The highest BCUT2D eigenvalue weighted by Gasteiger charge is 2.32. The van der Waals surface area contributed by atoms with Crippen LogP contribution in [0.5, 0.6) is 5.75 Å². The second kappa shape index (κ2) is 9.78. The third-order valence-electron chi connectivity index (χ3n) is 6.91. The quantitative estimate of drug-likeness (QED) is 0.509. The first-order chi connectivity index (χ1) is 17.1. The molecule has 0 saturated carbocycles. The monoisotopic (exact) mass is 471 g/mol. The van der Waals surface area contributed by atoms with Gasteiger partial charge in [-0.15, -0.1) is 0 Å². The molecule has 0 spiro atoms. The van der Waals surface area contributed by atoms with E-state index in [1.807, 2.05) is 53.4 Å². The summed E-state index contributed by atoms with van der Waals surface area (Å²) in [5.41, 5.74) is 2.22. The largest absolute Gasteiger partial charge is 0.497 e. The average Bonchev–Trinajstić information content (AvgIpc) is 3.15. The Morgan fingerprint density at radius 2 is 1.54 bits per heavy atom. The van der Waals surface area contributed by atoms with Gasteiger partial charge in [0, 0.05) is 61.3 Å². The van der Waals surface area contributed by atoms with Gasteiger partial charge in [0.05, 0.1) is 7.11 Å². The highest BCUT2D eigenvalue weighted by atomic mass is 16.5. The molecule has 7 heteroatoms. The highest BCUT2D eigenvalue weighted by molar-refractivity contribution is 6.25. The lowest BCUT2D eigenvalue weighted by Crippen LogP contribution is -2.41. The van der Waals surface area contributed by atoms with Gasteiger partial charge in [0.15, 0.2) is 0 Å². The molecule has 5 rings (SSSR count). The van der Waals surface area contributed by atoms with Crippen molar-refractivity contribution in [1.82, 2.24) is 9.80 Å². The fraction of sp³-hybridized carbons (Fsp3) is 0.321. The number of methoxy groups -OCH3 is 1. The van der Waals surface area contributed by atoms with Crippen LogP contribution in [-0.2, 0) is 4.79 Å². The minimum absolute atomic E-state index is 0.0704. The minimum Gasteiger partial charge on any atom is -0.497 e. The normalized spacial score (nSPS) is 16.0. The second-order valence-corrected chi connectivity index (χ2v) is 8.99. The predicted molar refractivity (Wildman–Crippen MR) is 135 cm³/mol. The molecular weight excluding hydrogens is 442 g/mol. The van der Waals surface area contributed by atoms with Crippen LogP contribution in [0.25, 0.3) is 10.8 Å². The molecule has 35 heavy (non-hydrogen) atoms. The van der Waals surface area contributed by atoms with Crippen molar-refractivity contribution in [2.75, 3.05) is 44.7 Å². The molecule has 3 amide bonds. The van der Waals surface area contributed by atoms with E-state index in [1.54, 1.807) is 19.2 Å². The Kier molecular flexibility index (Phi) is 6.40. The number of carbonyl (C=O) groups is 3. The first-order valence-electron chi connectivity index (χ1n) is 12.1. The number of hydrogen-bond donors (Lipinski definition) is 0. The van der Waals surface area contributed by atoms with Gasteiger partial charge in [-0.05, 0) is 54.6 Å². The molecule has 0 N–H and O–H groups in total. The zero-order chi connectivity index (χ0) is 24.4. The maximum atomic E-state index is 13.0. The van der Waals surface area contributed by atoms with E-state index in [1.165, 1.54) is 4.90 Å². The molecule has 1 saturated heterocycles. The maximum absolute atomic E-state index is 13.0. The number of ether oxygens (including phenoxy) is 1. The first kappa shape index (κ1) is 22.9. The number of anilines is 1. The van der Waals surface area contributed by atoms with E-state index < -0.39 is 0 Å². The van der Waals surface area contributed by atoms with E-state index >= 15 is 0 Å². The van der Waals surface area contributed by atoms with E-state index in [0.29, 0.717) is 37.1 Å². The average molecular weight is 472 g/mol. The maximum Gasteiger partial charge on any atom is 0.261 e. The Balaban J connectivity index is 1.17. The van der Waals surface area contributed by atoms with Crippen LogP contribution < -0.4 is 9.64 Å². The zero-order valence-electron chi connectivity index (χ0n) is 19.9. The summed E-state index contributed by atoms with van der Waals surface area (Å²) in [6.45, 7) is 3.25. The number of hydrogen-bond acceptors (Lipinski definition) is 5. The lowest BCUT2D eigenvalue weighted by molar-refractivity contribution is -0.131. The molecule has 180 valence electrons. The van der Waals surface area contributed by atoms with Crippen molar-refractivity contribution < 1.29 is 19.1 Å². The number of amides is 3. The Bertz CT molecular complexity index is 1220. The van der Waals surface area contributed by atoms with Crippen LogP contribution in [0.3, 0.4) is 0 Å². The van der Waals surface area contributed by atoms with E-state index in [9.17, 15) is 14.4 Å². The van der Waals surface area contributed by atoms with Crippen molar-refractivity contribution >= 4 is 34.2 Å². The summed E-state index contributed by atoms with van der Waals surface area (Å²) < 4.78 is 5.24. The molecule has 0 aromatic heterocycles. The Hall–Kier alpha value is -3.87. The van der Waals surface area contributed by atoms with Gasteiger partial charge < -0.3 is 14.5 Å². The van der Waals surface area contributed by atoms with Crippen LogP contribution in [0.4, 0.5) is 5.69 Å². The van der Waals surface area contributed by atoms with Gasteiger partial charge in [0.2, 0.25) is 5.91 Å². The molecule has 3 aromatic rings. The lowest BCUT2D eigenvalue weighted by Gasteiger charge is -2.27. The van der Waals surface area contributed by atoms with Gasteiger partial charge in [-0.3, -0.25) is 19.3 Å². The Labute approximate surface area is 204 Å². The molecule has 0 bridgehead atoms. The Morgan fingerprint density at radius 3 is 2.20 bits per heavy atom. The lowest BCUT2D eigenvalue weighted by atomic mass is 9.94. The second-order valence-electron chi connectivity index (χ2n) is 8.99. The van der Waals surface area contributed by atoms with Crippen molar-refractivity contribution in [2.45, 2.75) is 19.3 Å². The third-order valence-corrected chi connectivity index (χ3v) is 6.91. The van der Waals surface area contributed by atoms with Gasteiger partial charge in [0.1, 0.15) is 5.75 Å². The summed E-state index contributed by atoms with van der Waals surface area (Å²) in [5.74, 6) is 0.334. The van der Waals surface area contributed by atoms with E-state index in [0.717, 1.165) is 41.7 Å².